The predicted octanol–water partition coefficient (Wildman–Crippen LogP) is 2.83. The second kappa shape index (κ2) is 4.46. The molecule has 3 atom stereocenters. The molecule has 3 unspecified atom stereocenters. The molecule has 0 aromatic heterocycles. The zero-order chi connectivity index (χ0) is 8.27. The van der Waals surface area contributed by atoms with Crippen molar-refractivity contribution in [3.05, 3.63) is 0 Å². The minimum absolute atomic E-state index is 0.730. The standard InChI is InChI=1S/C9H17BrO/c1-3-11-6-8-4-5-9(10)7(8)2/h7-9H,3-6H2,1-2H3. The van der Waals surface area contributed by atoms with E-state index in [0.29, 0.717) is 0 Å². The molecule has 0 amide bonds. The molecule has 0 radical (unpaired) electrons. The molecule has 11 heavy (non-hydrogen) atoms. The van der Waals surface area contributed by atoms with Gasteiger partial charge in [-0.05, 0) is 31.6 Å². The van der Waals surface area contributed by atoms with E-state index in [1.165, 1.54) is 12.8 Å². The van der Waals surface area contributed by atoms with Crippen LogP contribution in [0.1, 0.15) is 26.7 Å². The monoisotopic (exact) mass is 220 g/mol. The van der Waals surface area contributed by atoms with Crippen LogP contribution < -0.4 is 0 Å². The minimum atomic E-state index is 0.730. The van der Waals surface area contributed by atoms with Gasteiger partial charge in [0.15, 0.2) is 0 Å². The zero-order valence-electron chi connectivity index (χ0n) is 7.35. The van der Waals surface area contributed by atoms with Gasteiger partial charge >= 0.3 is 0 Å². The Labute approximate surface area is 77.6 Å². The van der Waals surface area contributed by atoms with Gasteiger partial charge in [0, 0.05) is 18.0 Å². The largest absolute Gasteiger partial charge is 0.381 e. The second-order valence-corrected chi connectivity index (χ2v) is 4.55. The number of alkyl halides is 1. The van der Waals surface area contributed by atoms with Crippen molar-refractivity contribution in [3.8, 4) is 0 Å². The van der Waals surface area contributed by atoms with E-state index in [4.69, 9.17) is 4.74 Å². The Hall–Kier alpha value is 0.440. The summed E-state index contributed by atoms with van der Waals surface area (Å²) in [5, 5.41) is 0. The molecule has 1 fully saturated rings. The van der Waals surface area contributed by atoms with E-state index in [1.54, 1.807) is 0 Å². The Bertz CT molecular complexity index is 116. The molecule has 1 saturated carbocycles. The SMILES string of the molecule is CCOCC1CCC(Br)C1C. The predicted molar refractivity (Wildman–Crippen MR) is 51.1 cm³/mol. The van der Waals surface area contributed by atoms with Crippen LogP contribution in [0.4, 0.5) is 0 Å². The van der Waals surface area contributed by atoms with Crippen molar-refractivity contribution in [1.82, 2.24) is 0 Å². The third-order valence-electron chi connectivity index (χ3n) is 2.66. The first-order valence-electron chi connectivity index (χ1n) is 4.47. The van der Waals surface area contributed by atoms with E-state index < -0.39 is 0 Å². The molecule has 0 bridgehead atoms. The molecule has 0 aromatic rings. The van der Waals surface area contributed by atoms with Crippen LogP contribution in [0.25, 0.3) is 0 Å². The first-order chi connectivity index (χ1) is 5.25. The summed E-state index contributed by atoms with van der Waals surface area (Å²) in [7, 11) is 0. The number of ether oxygens (including phenoxy) is 1. The Morgan fingerprint density at radius 3 is 2.64 bits per heavy atom. The van der Waals surface area contributed by atoms with Gasteiger partial charge in [-0.2, -0.15) is 0 Å². The molecule has 0 aliphatic heterocycles. The number of halogens is 1. The van der Waals surface area contributed by atoms with Crippen molar-refractivity contribution in [1.29, 1.82) is 0 Å². The van der Waals surface area contributed by atoms with Crippen LogP contribution in [0.2, 0.25) is 0 Å². The summed E-state index contributed by atoms with van der Waals surface area (Å²) in [6, 6.07) is 0. The maximum Gasteiger partial charge on any atom is 0.0497 e. The van der Waals surface area contributed by atoms with E-state index in [0.717, 1.165) is 29.9 Å². The smallest absolute Gasteiger partial charge is 0.0497 e. The fourth-order valence-electron chi connectivity index (χ4n) is 1.70. The van der Waals surface area contributed by atoms with Crippen LogP contribution in [-0.2, 0) is 4.74 Å². The Balaban J connectivity index is 2.24. The highest BCUT2D eigenvalue weighted by molar-refractivity contribution is 9.09. The van der Waals surface area contributed by atoms with E-state index in [1.807, 2.05) is 0 Å². The van der Waals surface area contributed by atoms with Gasteiger partial charge in [0.1, 0.15) is 0 Å². The summed E-state index contributed by atoms with van der Waals surface area (Å²) in [5.41, 5.74) is 0. The average molecular weight is 221 g/mol. The van der Waals surface area contributed by atoms with Gasteiger partial charge in [0.05, 0.1) is 0 Å². The van der Waals surface area contributed by atoms with Gasteiger partial charge < -0.3 is 4.74 Å². The van der Waals surface area contributed by atoms with Crippen LogP contribution in [0.3, 0.4) is 0 Å². The lowest BCUT2D eigenvalue weighted by Crippen LogP contribution is -2.16. The molecular formula is C9H17BrO. The zero-order valence-corrected chi connectivity index (χ0v) is 8.93. The third kappa shape index (κ3) is 2.45. The summed E-state index contributed by atoms with van der Waals surface area (Å²) in [6.07, 6.45) is 2.65. The number of hydrogen-bond acceptors (Lipinski definition) is 1. The molecule has 1 aliphatic rings. The fraction of sp³-hybridized carbons (Fsp3) is 1.00. The van der Waals surface area contributed by atoms with Crippen LogP contribution in [0.15, 0.2) is 0 Å². The molecule has 1 aliphatic carbocycles. The number of hydrogen-bond donors (Lipinski definition) is 0. The van der Waals surface area contributed by atoms with Gasteiger partial charge in [0.2, 0.25) is 0 Å². The molecule has 66 valence electrons. The van der Waals surface area contributed by atoms with Crippen molar-refractivity contribution in [2.45, 2.75) is 31.5 Å². The lowest BCUT2D eigenvalue weighted by atomic mass is 9.99. The van der Waals surface area contributed by atoms with Gasteiger partial charge in [-0.15, -0.1) is 0 Å². The molecule has 1 nitrogen and oxygen atoms in total. The topological polar surface area (TPSA) is 9.23 Å². The maximum absolute atomic E-state index is 5.42. The van der Waals surface area contributed by atoms with Crippen LogP contribution in [0, 0.1) is 11.8 Å². The maximum atomic E-state index is 5.42. The number of rotatable bonds is 3. The molecule has 0 spiro atoms. The molecule has 0 saturated heterocycles. The van der Waals surface area contributed by atoms with Gasteiger partial charge in [-0.25, -0.2) is 0 Å². The molecule has 0 N–H and O–H groups in total. The van der Waals surface area contributed by atoms with Crippen LogP contribution >= 0.6 is 15.9 Å². The summed E-state index contributed by atoms with van der Waals surface area (Å²) in [6.45, 7) is 6.19. The quantitative estimate of drug-likeness (QED) is 0.666. The van der Waals surface area contributed by atoms with Crippen molar-refractivity contribution >= 4 is 15.9 Å². The summed E-state index contributed by atoms with van der Waals surface area (Å²) in [4.78, 5) is 0.730. The third-order valence-corrected chi connectivity index (χ3v) is 3.96. The Kier molecular flexibility index (Phi) is 3.86. The van der Waals surface area contributed by atoms with E-state index in [2.05, 4.69) is 29.8 Å². The molecular weight excluding hydrogens is 204 g/mol. The average Bonchev–Trinajstić information content (AvgIpc) is 2.31. The normalized spacial score (nSPS) is 37.9. The van der Waals surface area contributed by atoms with Gasteiger partial charge in [-0.1, -0.05) is 22.9 Å². The van der Waals surface area contributed by atoms with Crippen molar-refractivity contribution in [2.24, 2.45) is 11.8 Å². The van der Waals surface area contributed by atoms with Gasteiger partial charge in [-0.3, -0.25) is 0 Å². The molecule has 2 heteroatoms. The highest BCUT2D eigenvalue weighted by Crippen LogP contribution is 2.36. The summed E-state index contributed by atoms with van der Waals surface area (Å²) >= 11 is 3.68. The Morgan fingerprint density at radius 1 is 1.45 bits per heavy atom. The van der Waals surface area contributed by atoms with Crippen molar-refractivity contribution in [3.63, 3.8) is 0 Å². The fourth-order valence-corrected chi connectivity index (χ4v) is 2.39. The summed E-state index contributed by atoms with van der Waals surface area (Å²) < 4.78 is 5.42. The lowest BCUT2D eigenvalue weighted by Gasteiger charge is -2.16. The van der Waals surface area contributed by atoms with Crippen molar-refractivity contribution in [2.75, 3.05) is 13.2 Å². The van der Waals surface area contributed by atoms with Crippen LogP contribution in [-0.4, -0.2) is 18.0 Å². The van der Waals surface area contributed by atoms with Crippen LogP contribution in [0.5, 0.6) is 0 Å². The van der Waals surface area contributed by atoms with E-state index >= 15 is 0 Å². The highest BCUT2D eigenvalue weighted by atomic mass is 79.9. The summed E-state index contributed by atoms with van der Waals surface area (Å²) in [5.74, 6) is 1.58. The molecule has 0 heterocycles. The minimum Gasteiger partial charge on any atom is -0.381 e. The second-order valence-electron chi connectivity index (χ2n) is 3.37. The van der Waals surface area contributed by atoms with E-state index in [9.17, 15) is 0 Å². The Morgan fingerprint density at radius 2 is 2.18 bits per heavy atom. The molecule has 0 aromatic carbocycles. The lowest BCUT2D eigenvalue weighted by molar-refractivity contribution is 0.0991. The van der Waals surface area contributed by atoms with Gasteiger partial charge in [0.25, 0.3) is 0 Å². The van der Waals surface area contributed by atoms with Crippen molar-refractivity contribution < 1.29 is 4.74 Å². The first kappa shape index (κ1) is 9.53. The van der Waals surface area contributed by atoms with E-state index in [-0.39, 0.29) is 0 Å². The first-order valence-corrected chi connectivity index (χ1v) is 5.39. The highest BCUT2D eigenvalue weighted by Gasteiger charge is 2.30. The molecule has 1 rings (SSSR count).